The van der Waals surface area contributed by atoms with Gasteiger partial charge in [-0.25, -0.2) is 0 Å². The molecule has 24 heavy (non-hydrogen) atoms. The van der Waals surface area contributed by atoms with E-state index in [9.17, 15) is 4.79 Å². The van der Waals surface area contributed by atoms with E-state index in [1.165, 1.54) is 64.5 Å². The number of nitrogens with zero attached hydrogens (tertiary/aromatic N) is 2. The number of nitrogens with two attached hydrogens (primary N) is 1. The van der Waals surface area contributed by atoms with E-state index in [4.69, 9.17) is 5.73 Å². The molecule has 2 bridgehead atoms. The highest BCUT2D eigenvalue weighted by Crippen LogP contribution is 2.43. The fourth-order valence-corrected chi connectivity index (χ4v) is 5.98. The lowest BCUT2D eigenvalue weighted by molar-refractivity contribution is -0.139. The number of hydrogen-bond acceptors (Lipinski definition) is 3. The summed E-state index contributed by atoms with van der Waals surface area (Å²) in [5.74, 6) is 1.95. The fraction of sp³-hybridized carbons (Fsp3) is 0.950. The van der Waals surface area contributed by atoms with E-state index < -0.39 is 0 Å². The van der Waals surface area contributed by atoms with Gasteiger partial charge in [-0.3, -0.25) is 4.79 Å². The van der Waals surface area contributed by atoms with Crippen LogP contribution < -0.4 is 5.73 Å². The number of amides is 1. The number of rotatable bonds is 3. The van der Waals surface area contributed by atoms with Crippen molar-refractivity contribution in [2.45, 2.75) is 76.3 Å². The molecule has 0 aromatic rings. The van der Waals surface area contributed by atoms with Gasteiger partial charge in [-0.15, -0.1) is 0 Å². The molecule has 0 aromatic carbocycles. The highest BCUT2D eigenvalue weighted by atomic mass is 16.2. The summed E-state index contributed by atoms with van der Waals surface area (Å²) in [6.45, 7) is 4.59. The molecule has 2 aliphatic heterocycles. The second-order valence-corrected chi connectivity index (χ2v) is 8.89. The molecule has 3 atom stereocenters. The average Bonchev–Trinajstić information content (AvgIpc) is 3.03. The first-order valence-corrected chi connectivity index (χ1v) is 10.5. The van der Waals surface area contributed by atoms with Crippen LogP contribution in [0.4, 0.5) is 0 Å². The van der Waals surface area contributed by atoms with Gasteiger partial charge in [0.2, 0.25) is 5.91 Å². The predicted molar refractivity (Wildman–Crippen MR) is 96.6 cm³/mol. The largest absolute Gasteiger partial charge is 0.338 e. The normalized spacial score (nSPS) is 40.7. The summed E-state index contributed by atoms with van der Waals surface area (Å²) in [5, 5.41) is 0. The first-order valence-electron chi connectivity index (χ1n) is 10.5. The molecule has 2 saturated heterocycles. The standard InChI is InChI=1S/C20H35N3O/c21-19-15-6-4-7-16(19)13-17(12-15)20(24)23-11-5-8-18(23)14-22-9-2-1-3-10-22/h15-19H,1-14,21H2. The SMILES string of the molecule is NC1C2CCCC1CC(C(=O)N1CCCC1CN1CCCCC1)C2. The molecule has 2 aliphatic carbocycles. The maximum Gasteiger partial charge on any atom is 0.225 e. The van der Waals surface area contributed by atoms with Crippen LogP contribution in [0.15, 0.2) is 0 Å². The molecule has 2 N–H and O–H groups in total. The van der Waals surface area contributed by atoms with E-state index in [0.717, 1.165) is 25.9 Å². The zero-order chi connectivity index (χ0) is 16.5. The molecule has 4 rings (SSSR count). The van der Waals surface area contributed by atoms with Crippen LogP contribution in [-0.2, 0) is 4.79 Å². The number of carbonyl (C=O) groups is 1. The Labute approximate surface area is 147 Å². The molecule has 0 spiro atoms. The van der Waals surface area contributed by atoms with Gasteiger partial charge in [-0.2, -0.15) is 0 Å². The van der Waals surface area contributed by atoms with Crippen molar-refractivity contribution < 1.29 is 4.79 Å². The Morgan fingerprint density at radius 2 is 1.58 bits per heavy atom. The topological polar surface area (TPSA) is 49.6 Å². The van der Waals surface area contributed by atoms with Gasteiger partial charge in [0.05, 0.1) is 0 Å². The molecule has 4 heteroatoms. The van der Waals surface area contributed by atoms with Gasteiger partial charge in [0.25, 0.3) is 0 Å². The fourth-order valence-electron chi connectivity index (χ4n) is 5.98. The first-order chi connectivity index (χ1) is 11.7. The molecule has 2 heterocycles. The molecule has 4 fully saturated rings. The molecule has 3 unspecified atom stereocenters. The van der Waals surface area contributed by atoms with Crippen molar-refractivity contribution in [2.24, 2.45) is 23.5 Å². The molecule has 2 saturated carbocycles. The Kier molecular flexibility index (Phi) is 5.14. The number of hydrogen-bond donors (Lipinski definition) is 1. The molecule has 4 nitrogen and oxygen atoms in total. The van der Waals surface area contributed by atoms with Gasteiger partial charge >= 0.3 is 0 Å². The minimum atomic E-state index is 0.266. The smallest absolute Gasteiger partial charge is 0.225 e. The third kappa shape index (κ3) is 3.37. The van der Waals surface area contributed by atoms with Gasteiger partial charge in [0, 0.05) is 31.1 Å². The number of likely N-dealkylation sites (tertiary alicyclic amines) is 2. The van der Waals surface area contributed by atoms with Crippen molar-refractivity contribution in [3.8, 4) is 0 Å². The van der Waals surface area contributed by atoms with Gasteiger partial charge in [0.1, 0.15) is 0 Å². The third-order valence-electron chi connectivity index (χ3n) is 7.34. The lowest BCUT2D eigenvalue weighted by Crippen LogP contribution is -2.51. The van der Waals surface area contributed by atoms with Gasteiger partial charge in [0.15, 0.2) is 0 Å². The number of piperidine rings is 1. The Morgan fingerprint density at radius 1 is 0.875 bits per heavy atom. The minimum absolute atomic E-state index is 0.266. The molecule has 0 radical (unpaired) electrons. The van der Waals surface area contributed by atoms with Crippen LogP contribution >= 0.6 is 0 Å². The van der Waals surface area contributed by atoms with Crippen LogP contribution in [-0.4, -0.2) is 54.0 Å². The maximum absolute atomic E-state index is 13.3. The predicted octanol–water partition coefficient (Wildman–Crippen LogP) is 2.62. The summed E-state index contributed by atoms with van der Waals surface area (Å²) < 4.78 is 0. The Balaban J connectivity index is 1.37. The van der Waals surface area contributed by atoms with E-state index in [1.54, 1.807) is 0 Å². The summed E-state index contributed by atoms with van der Waals surface area (Å²) in [6.07, 6.45) is 12.4. The summed E-state index contributed by atoms with van der Waals surface area (Å²) in [7, 11) is 0. The minimum Gasteiger partial charge on any atom is -0.338 e. The molecule has 4 aliphatic rings. The highest BCUT2D eigenvalue weighted by Gasteiger charge is 2.43. The summed E-state index contributed by atoms with van der Waals surface area (Å²) in [4.78, 5) is 18.1. The van der Waals surface area contributed by atoms with Crippen molar-refractivity contribution in [1.82, 2.24) is 9.80 Å². The lowest BCUT2D eigenvalue weighted by atomic mass is 9.65. The van der Waals surface area contributed by atoms with Crippen molar-refractivity contribution in [2.75, 3.05) is 26.2 Å². The first kappa shape index (κ1) is 16.8. The third-order valence-corrected chi connectivity index (χ3v) is 7.34. The number of carbonyl (C=O) groups excluding carboxylic acids is 1. The zero-order valence-electron chi connectivity index (χ0n) is 15.2. The van der Waals surface area contributed by atoms with E-state index >= 15 is 0 Å². The molecular formula is C20H35N3O. The summed E-state index contributed by atoms with van der Waals surface area (Å²) in [5.41, 5.74) is 6.42. The van der Waals surface area contributed by atoms with Crippen LogP contribution in [0.3, 0.4) is 0 Å². The highest BCUT2D eigenvalue weighted by molar-refractivity contribution is 5.79. The molecule has 1 amide bonds. The quantitative estimate of drug-likeness (QED) is 0.864. The Bertz CT molecular complexity index is 434. The monoisotopic (exact) mass is 333 g/mol. The summed E-state index contributed by atoms with van der Waals surface area (Å²) in [6, 6.07) is 0.844. The average molecular weight is 334 g/mol. The zero-order valence-corrected chi connectivity index (χ0v) is 15.2. The Hall–Kier alpha value is -0.610. The van der Waals surface area contributed by atoms with Crippen LogP contribution in [0.25, 0.3) is 0 Å². The van der Waals surface area contributed by atoms with Gasteiger partial charge in [-0.05, 0) is 76.3 Å². The molecule has 136 valence electrons. The number of fused-ring (bicyclic) bond motifs is 2. The second-order valence-electron chi connectivity index (χ2n) is 8.89. The van der Waals surface area contributed by atoms with Crippen molar-refractivity contribution in [3.63, 3.8) is 0 Å². The second kappa shape index (κ2) is 7.33. The van der Waals surface area contributed by atoms with Crippen LogP contribution in [0.5, 0.6) is 0 Å². The van der Waals surface area contributed by atoms with Crippen LogP contribution in [0.2, 0.25) is 0 Å². The lowest BCUT2D eigenvalue weighted by Gasteiger charge is -2.45. The van der Waals surface area contributed by atoms with E-state index in [-0.39, 0.29) is 5.92 Å². The Morgan fingerprint density at radius 3 is 2.29 bits per heavy atom. The van der Waals surface area contributed by atoms with E-state index in [2.05, 4.69) is 9.80 Å². The molecule has 0 aromatic heterocycles. The molecular weight excluding hydrogens is 298 g/mol. The van der Waals surface area contributed by atoms with Crippen molar-refractivity contribution >= 4 is 5.91 Å². The van der Waals surface area contributed by atoms with Crippen LogP contribution in [0, 0.1) is 17.8 Å². The van der Waals surface area contributed by atoms with Crippen LogP contribution in [0.1, 0.15) is 64.2 Å². The van der Waals surface area contributed by atoms with E-state index in [0.29, 0.717) is 29.8 Å². The summed E-state index contributed by atoms with van der Waals surface area (Å²) >= 11 is 0. The van der Waals surface area contributed by atoms with E-state index in [1.807, 2.05) is 0 Å². The van der Waals surface area contributed by atoms with Crippen molar-refractivity contribution in [1.29, 1.82) is 0 Å². The maximum atomic E-state index is 13.3. The van der Waals surface area contributed by atoms with Gasteiger partial charge < -0.3 is 15.5 Å². The van der Waals surface area contributed by atoms with Gasteiger partial charge in [-0.1, -0.05) is 12.8 Å². The van der Waals surface area contributed by atoms with Crippen molar-refractivity contribution in [3.05, 3.63) is 0 Å².